The Labute approximate surface area is 166 Å². The van der Waals surface area contributed by atoms with Crippen molar-refractivity contribution >= 4 is 10.8 Å². The SMILES string of the molecule is OCC[C@H]1CN(Cc2c(O)ccc3ccccc23)CCN1Cc1ccccc1. The lowest BCUT2D eigenvalue weighted by molar-refractivity contribution is 0.0498. The monoisotopic (exact) mass is 376 g/mol. The second kappa shape index (κ2) is 8.74. The van der Waals surface area contributed by atoms with Gasteiger partial charge in [0.15, 0.2) is 0 Å². The van der Waals surface area contributed by atoms with E-state index in [1.54, 1.807) is 6.07 Å². The van der Waals surface area contributed by atoms with Crippen LogP contribution in [0.5, 0.6) is 5.75 Å². The fourth-order valence-electron chi connectivity index (χ4n) is 4.26. The molecule has 4 heteroatoms. The van der Waals surface area contributed by atoms with Crippen molar-refractivity contribution in [2.75, 3.05) is 26.2 Å². The van der Waals surface area contributed by atoms with Gasteiger partial charge in [-0.25, -0.2) is 0 Å². The second-order valence-electron chi connectivity index (χ2n) is 7.64. The van der Waals surface area contributed by atoms with E-state index < -0.39 is 0 Å². The third-order valence-corrected chi connectivity index (χ3v) is 5.78. The second-order valence-corrected chi connectivity index (χ2v) is 7.64. The molecule has 1 atom stereocenters. The molecule has 4 rings (SSSR count). The van der Waals surface area contributed by atoms with Gasteiger partial charge in [-0.15, -0.1) is 0 Å². The molecule has 0 spiro atoms. The first-order chi connectivity index (χ1) is 13.7. The lowest BCUT2D eigenvalue weighted by Gasteiger charge is -2.41. The number of phenols is 1. The fourth-order valence-corrected chi connectivity index (χ4v) is 4.26. The van der Waals surface area contributed by atoms with Crippen LogP contribution >= 0.6 is 0 Å². The maximum atomic E-state index is 10.5. The van der Waals surface area contributed by atoms with Crippen LogP contribution in [-0.4, -0.2) is 52.3 Å². The Balaban J connectivity index is 1.50. The number of nitrogens with zero attached hydrogens (tertiary/aromatic N) is 2. The van der Waals surface area contributed by atoms with Gasteiger partial charge in [-0.05, 0) is 28.8 Å². The third-order valence-electron chi connectivity index (χ3n) is 5.78. The van der Waals surface area contributed by atoms with Crippen molar-refractivity contribution in [3.63, 3.8) is 0 Å². The Hall–Kier alpha value is -2.40. The molecule has 1 fully saturated rings. The minimum Gasteiger partial charge on any atom is -0.508 e. The average molecular weight is 377 g/mol. The molecular weight excluding hydrogens is 348 g/mol. The molecule has 0 radical (unpaired) electrons. The Bertz CT molecular complexity index is 913. The van der Waals surface area contributed by atoms with Gasteiger partial charge in [0.2, 0.25) is 0 Å². The van der Waals surface area contributed by atoms with Crippen LogP contribution < -0.4 is 0 Å². The molecular formula is C24H28N2O2. The first-order valence-corrected chi connectivity index (χ1v) is 10.1. The van der Waals surface area contributed by atoms with Gasteiger partial charge in [0.1, 0.15) is 5.75 Å². The smallest absolute Gasteiger partial charge is 0.120 e. The summed E-state index contributed by atoms with van der Waals surface area (Å²) in [6, 6.07) is 22.8. The molecule has 1 aliphatic heterocycles. The average Bonchev–Trinajstić information content (AvgIpc) is 2.73. The summed E-state index contributed by atoms with van der Waals surface area (Å²) in [5.74, 6) is 0.365. The van der Waals surface area contributed by atoms with E-state index in [9.17, 15) is 10.2 Å². The number of hydrogen-bond donors (Lipinski definition) is 2. The van der Waals surface area contributed by atoms with E-state index in [0.29, 0.717) is 11.8 Å². The summed E-state index contributed by atoms with van der Waals surface area (Å²) in [5.41, 5.74) is 2.31. The molecule has 1 heterocycles. The predicted molar refractivity (Wildman–Crippen MR) is 113 cm³/mol. The molecule has 0 saturated carbocycles. The van der Waals surface area contributed by atoms with E-state index in [0.717, 1.165) is 55.5 Å². The van der Waals surface area contributed by atoms with Crippen LogP contribution in [0.3, 0.4) is 0 Å². The molecule has 3 aromatic rings. The van der Waals surface area contributed by atoms with E-state index in [4.69, 9.17) is 0 Å². The number of phenolic OH excluding ortho intramolecular Hbond substituents is 1. The number of fused-ring (bicyclic) bond motifs is 1. The van der Waals surface area contributed by atoms with Gasteiger partial charge < -0.3 is 10.2 Å². The van der Waals surface area contributed by atoms with Crippen LogP contribution in [0.4, 0.5) is 0 Å². The molecule has 4 nitrogen and oxygen atoms in total. The highest BCUT2D eigenvalue weighted by molar-refractivity contribution is 5.87. The summed E-state index contributed by atoms with van der Waals surface area (Å²) in [7, 11) is 0. The number of aliphatic hydroxyl groups excluding tert-OH is 1. The van der Waals surface area contributed by atoms with E-state index in [1.807, 2.05) is 24.3 Å². The minimum atomic E-state index is 0.198. The van der Waals surface area contributed by atoms with Gasteiger partial charge >= 0.3 is 0 Å². The van der Waals surface area contributed by atoms with Crippen molar-refractivity contribution in [2.45, 2.75) is 25.6 Å². The first kappa shape index (κ1) is 18.9. The summed E-state index contributed by atoms with van der Waals surface area (Å²) in [4.78, 5) is 4.88. The van der Waals surface area contributed by atoms with Crippen LogP contribution in [0.25, 0.3) is 10.8 Å². The number of piperazine rings is 1. The summed E-state index contributed by atoms with van der Waals surface area (Å²) in [6.07, 6.45) is 0.769. The normalized spacial score (nSPS) is 18.5. The lowest BCUT2D eigenvalue weighted by Crippen LogP contribution is -2.52. The summed E-state index contributed by atoms with van der Waals surface area (Å²) in [5, 5.41) is 22.3. The minimum absolute atomic E-state index is 0.198. The van der Waals surface area contributed by atoms with Gasteiger partial charge in [-0.2, -0.15) is 0 Å². The molecule has 0 unspecified atom stereocenters. The largest absolute Gasteiger partial charge is 0.508 e. The van der Waals surface area contributed by atoms with Gasteiger partial charge in [-0.1, -0.05) is 60.7 Å². The number of rotatable bonds is 6. The third kappa shape index (κ3) is 4.20. The first-order valence-electron chi connectivity index (χ1n) is 10.1. The molecule has 2 N–H and O–H groups in total. The molecule has 1 saturated heterocycles. The van der Waals surface area contributed by atoms with Crippen molar-refractivity contribution in [1.82, 2.24) is 9.80 Å². The zero-order chi connectivity index (χ0) is 19.3. The van der Waals surface area contributed by atoms with Crippen molar-refractivity contribution in [1.29, 1.82) is 0 Å². The maximum absolute atomic E-state index is 10.5. The Morgan fingerprint density at radius 3 is 2.46 bits per heavy atom. The van der Waals surface area contributed by atoms with Crippen LogP contribution in [-0.2, 0) is 13.1 Å². The highest BCUT2D eigenvalue weighted by Crippen LogP contribution is 2.29. The summed E-state index contributed by atoms with van der Waals surface area (Å²) in [6.45, 7) is 4.66. The number of hydrogen-bond acceptors (Lipinski definition) is 4. The number of aromatic hydroxyl groups is 1. The molecule has 28 heavy (non-hydrogen) atoms. The van der Waals surface area contributed by atoms with Crippen molar-refractivity contribution < 1.29 is 10.2 Å². The van der Waals surface area contributed by atoms with Crippen LogP contribution in [0.1, 0.15) is 17.5 Å². The van der Waals surface area contributed by atoms with Gasteiger partial charge in [0.05, 0.1) is 0 Å². The zero-order valence-electron chi connectivity index (χ0n) is 16.2. The molecule has 0 bridgehead atoms. The van der Waals surface area contributed by atoms with Gasteiger partial charge in [-0.3, -0.25) is 9.80 Å². The van der Waals surface area contributed by atoms with Crippen molar-refractivity contribution in [3.05, 3.63) is 77.9 Å². The van der Waals surface area contributed by atoms with Gasteiger partial charge in [0, 0.05) is 50.9 Å². The molecule has 1 aliphatic rings. The Kier molecular flexibility index (Phi) is 5.91. The predicted octanol–water partition coefficient (Wildman–Crippen LogP) is 3.61. The molecule has 0 amide bonds. The quantitative estimate of drug-likeness (QED) is 0.690. The van der Waals surface area contributed by atoms with Crippen molar-refractivity contribution in [2.24, 2.45) is 0 Å². The molecule has 0 aromatic heterocycles. The summed E-state index contributed by atoms with van der Waals surface area (Å²) >= 11 is 0. The standard InChI is InChI=1S/C24H28N2O2/c27-15-12-21-17-25(13-14-26(21)16-19-6-2-1-3-7-19)18-23-22-9-5-4-8-20(22)10-11-24(23)28/h1-11,21,27-28H,12-18H2/t21-/m0/s1. The van der Waals surface area contributed by atoms with Crippen molar-refractivity contribution in [3.8, 4) is 5.75 Å². The lowest BCUT2D eigenvalue weighted by atomic mass is 10.0. The van der Waals surface area contributed by atoms with Crippen LogP contribution in [0, 0.1) is 0 Å². The maximum Gasteiger partial charge on any atom is 0.120 e. The van der Waals surface area contributed by atoms with Crippen LogP contribution in [0.2, 0.25) is 0 Å². The van der Waals surface area contributed by atoms with E-state index in [2.05, 4.69) is 46.2 Å². The van der Waals surface area contributed by atoms with Crippen LogP contribution in [0.15, 0.2) is 66.7 Å². The topological polar surface area (TPSA) is 46.9 Å². The summed E-state index contributed by atoms with van der Waals surface area (Å²) < 4.78 is 0. The molecule has 146 valence electrons. The molecule has 3 aromatic carbocycles. The Morgan fingerprint density at radius 1 is 0.857 bits per heavy atom. The number of aliphatic hydroxyl groups is 1. The highest BCUT2D eigenvalue weighted by atomic mass is 16.3. The van der Waals surface area contributed by atoms with E-state index >= 15 is 0 Å². The van der Waals surface area contributed by atoms with E-state index in [1.165, 1.54) is 5.56 Å². The molecule has 0 aliphatic carbocycles. The van der Waals surface area contributed by atoms with E-state index in [-0.39, 0.29) is 6.61 Å². The fraction of sp³-hybridized carbons (Fsp3) is 0.333. The Morgan fingerprint density at radius 2 is 1.64 bits per heavy atom. The van der Waals surface area contributed by atoms with Gasteiger partial charge in [0.25, 0.3) is 0 Å². The zero-order valence-corrected chi connectivity index (χ0v) is 16.2. The highest BCUT2D eigenvalue weighted by Gasteiger charge is 2.27. The number of benzene rings is 3.